The first kappa shape index (κ1) is 21.4. The number of nitro benzene ring substituents is 1. The van der Waals surface area contributed by atoms with Crippen molar-refractivity contribution in [3.63, 3.8) is 0 Å². The van der Waals surface area contributed by atoms with E-state index in [4.69, 9.17) is 0 Å². The third-order valence-corrected chi connectivity index (χ3v) is 5.30. The Kier molecular flexibility index (Phi) is 6.40. The molecule has 3 aromatic rings. The summed E-state index contributed by atoms with van der Waals surface area (Å²) in [6, 6.07) is 11.9. The van der Waals surface area contributed by atoms with Crippen molar-refractivity contribution in [2.45, 2.75) is 12.8 Å². The predicted octanol–water partition coefficient (Wildman–Crippen LogP) is 4.04. The number of phenols is 1. The highest BCUT2D eigenvalue weighted by atomic mass is 79.9. The van der Waals surface area contributed by atoms with Crippen molar-refractivity contribution < 1.29 is 10.0 Å². The van der Waals surface area contributed by atoms with E-state index in [9.17, 15) is 15.2 Å². The minimum absolute atomic E-state index is 0.162. The molecule has 2 aromatic carbocycles. The Bertz CT molecular complexity index is 1150. The number of non-ortho nitro benzene ring substituents is 1. The van der Waals surface area contributed by atoms with E-state index in [0.29, 0.717) is 11.9 Å². The molecule has 1 aromatic heterocycles. The number of benzene rings is 2. The molecule has 2 heterocycles. The molecule has 0 amide bonds. The largest absolute Gasteiger partial charge is 0.506 e. The third kappa shape index (κ3) is 5.09. The van der Waals surface area contributed by atoms with Gasteiger partial charge in [0.15, 0.2) is 0 Å². The van der Waals surface area contributed by atoms with Crippen LogP contribution < -0.4 is 15.6 Å². The van der Waals surface area contributed by atoms with Gasteiger partial charge < -0.3 is 15.3 Å². The van der Waals surface area contributed by atoms with Gasteiger partial charge in [-0.15, -0.1) is 0 Å². The number of phenolic OH excluding ortho intramolecular Hbond substituents is 1. The Morgan fingerprint density at radius 3 is 2.56 bits per heavy atom. The van der Waals surface area contributed by atoms with Crippen LogP contribution in [0.25, 0.3) is 0 Å². The summed E-state index contributed by atoms with van der Waals surface area (Å²) in [6.07, 6.45) is 3.39. The van der Waals surface area contributed by atoms with Crippen molar-refractivity contribution in [1.29, 1.82) is 0 Å². The van der Waals surface area contributed by atoms with E-state index in [0.717, 1.165) is 31.6 Å². The second-order valence-electron chi connectivity index (χ2n) is 6.96. The van der Waals surface area contributed by atoms with Gasteiger partial charge in [-0.3, -0.25) is 10.1 Å². The Morgan fingerprint density at radius 1 is 1.12 bits per heavy atom. The van der Waals surface area contributed by atoms with Crippen molar-refractivity contribution in [3.05, 3.63) is 62.6 Å². The molecule has 164 valence electrons. The highest BCUT2D eigenvalue weighted by molar-refractivity contribution is 9.10. The number of anilines is 4. The number of rotatable bonds is 7. The number of nitrogens with one attached hydrogen (secondary N) is 2. The van der Waals surface area contributed by atoms with Crippen LogP contribution in [0.15, 0.2) is 52.0 Å². The lowest BCUT2D eigenvalue weighted by Gasteiger charge is -2.16. The number of hydrazone groups is 1. The summed E-state index contributed by atoms with van der Waals surface area (Å²) in [4.78, 5) is 25.9. The molecule has 0 saturated carbocycles. The summed E-state index contributed by atoms with van der Waals surface area (Å²) in [6.45, 7) is 1.71. The Labute approximate surface area is 191 Å². The predicted molar refractivity (Wildman–Crippen MR) is 125 cm³/mol. The van der Waals surface area contributed by atoms with E-state index in [2.05, 4.69) is 51.6 Å². The molecule has 11 nitrogen and oxygen atoms in total. The quantitative estimate of drug-likeness (QED) is 0.249. The molecular formula is C20H19BrN8O3. The number of aromatic nitrogens is 3. The molecule has 1 fully saturated rings. The van der Waals surface area contributed by atoms with Crippen molar-refractivity contribution in [2.24, 2.45) is 5.10 Å². The zero-order valence-electron chi connectivity index (χ0n) is 16.8. The summed E-state index contributed by atoms with van der Waals surface area (Å²) in [5, 5.41) is 28.4. The average molecular weight is 499 g/mol. The standard InChI is InChI=1S/C20H19BrN8O3/c21-16-11-15(29(31)32)10-13(17(16)30)12-22-27-19-24-18(23-14-6-2-1-3-7-14)25-20(26-19)28-8-4-5-9-28/h1-3,6-7,10-12,30H,4-5,8-9H2,(H2,23,24,25,26,27). The minimum Gasteiger partial charge on any atom is -0.506 e. The lowest BCUT2D eigenvalue weighted by molar-refractivity contribution is -0.385. The monoisotopic (exact) mass is 498 g/mol. The van der Waals surface area contributed by atoms with Crippen LogP contribution in [0.1, 0.15) is 18.4 Å². The molecule has 0 radical (unpaired) electrons. The van der Waals surface area contributed by atoms with Crippen LogP contribution in [0.4, 0.5) is 29.2 Å². The molecule has 0 bridgehead atoms. The maximum Gasteiger partial charge on any atom is 0.271 e. The summed E-state index contributed by atoms with van der Waals surface area (Å²) < 4.78 is 0.193. The maximum atomic E-state index is 11.1. The number of nitro groups is 1. The van der Waals surface area contributed by atoms with Crippen LogP contribution in [0.3, 0.4) is 0 Å². The van der Waals surface area contributed by atoms with Gasteiger partial charge >= 0.3 is 0 Å². The number of para-hydroxylation sites is 1. The third-order valence-electron chi connectivity index (χ3n) is 4.70. The van der Waals surface area contributed by atoms with Crippen molar-refractivity contribution in [3.8, 4) is 5.75 Å². The van der Waals surface area contributed by atoms with Crippen molar-refractivity contribution >= 4 is 51.4 Å². The highest BCUT2D eigenvalue weighted by Gasteiger charge is 2.18. The van der Waals surface area contributed by atoms with Gasteiger partial charge in [-0.05, 0) is 40.9 Å². The number of hydrogen-bond acceptors (Lipinski definition) is 10. The first-order valence-corrected chi connectivity index (χ1v) is 10.6. The van der Waals surface area contributed by atoms with Crippen LogP contribution in [-0.2, 0) is 0 Å². The van der Waals surface area contributed by atoms with Crippen LogP contribution in [-0.4, -0.2) is 44.3 Å². The summed E-state index contributed by atoms with van der Waals surface area (Å²) in [5.74, 6) is 0.905. The fraction of sp³-hybridized carbons (Fsp3) is 0.200. The molecule has 0 unspecified atom stereocenters. The number of hydrogen-bond donors (Lipinski definition) is 3. The average Bonchev–Trinajstić information content (AvgIpc) is 3.32. The zero-order valence-corrected chi connectivity index (χ0v) is 18.4. The summed E-state index contributed by atoms with van der Waals surface area (Å²) in [7, 11) is 0. The van der Waals surface area contributed by atoms with E-state index in [1.165, 1.54) is 18.3 Å². The Morgan fingerprint density at radius 2 is 1.84 bits per heavy atom. The fourth-order valence-corrected chi connectivity index (χ4v) is 3.61. The van der Waals surface area contributed by atoms with Gasteiger partial charge in [-0.1, -0.05) is 18.2 Å². The van der Waals surface area contributed by atoms with Gasteiger partial charge in [0, 0.05) is 36.5 Å². The van der Waals surface area contributed by atoms with Crippen LogP contribution >= 0.6 is 15.9 Å². The smallest absolute Gasteiger partial charge is 0.271 e. The second kappa shape index (κ2) is 9.56. The summed E-state index contributed by atoms with van der Waals surface area (Å²) >= 11 is 3.11. The second-order valence-corrected chi connectivity index (χ2v) is 7.81. The van der Waals surface area contributed by atoms with Crippen LogP contribution in [0.5, 0.6) is 5.75 Å². The molecule has 12 heteroatoms. The van der Waals surface area contributed by atoms with Crippen molar-refractivity contribution in [1.82, 2.24) is 15.0 Å². The van der Waals surface area contributed by atoms with E-state index in [1.54, 1.807) is 0 Å². The lowest BCUT2D eigenvalue weighted by atomic mass is 10.2. The van der Waals surface area contributed by atoms with Gasteiger partial charge in [0.2, 0.25) is 17.8 Å². The zero-order chi connectivity index (χ0) is 22.5. The van der Waals surface area contributed by atoms with Gasteiger partial charge in [-0.25, -0.2) is 5.43 Å². The van der Waals surface area contributed by atoms with Crippen LogP contribution in [0.2, 0.25) is 0 Å². The van der Waals surface area contributed by atoms with Gasteiger partial charge in [-0.2, -0.15) is 20.1 Å². The topological polar surface area (TPSA) is 142 Å². The molecule has 1 aliphatic heterocycles. The molecule has 0 spiro atoms. The number of aromatic hydroxyl groups is 1. The van der Waals surface area contributed by atoms with E-state index >= 15 is 0 Å². The summed E-state index contributed by atoms with van der Waals surface area (Å²) in [5.41, 5.74) is 3.53. The van der Waals surface area contributed by atoms with Crippen molar-refractivity contribution in [2.75, 3.05) is 28.7 Å². The van der Waals surface area contributed by atoms with Gasteiger partial charge in [0.05, 0.1) is 15.6 Å². The molecule has 0 aliphatic carbocycles. The molecule has 1 saturated heterocycles. The normalized spacial score (nSPS) is 13.5. The van der Waals surface area contributed by atoms with E-state index < -0.39 is 4.92 Å². The maximum absolute atomic E-state index is 11.1. The highest BCUT2D eigenvalue weighted by Crippen LogP contribution is 2.31. The fourth-order valence-electron chi connectivity index (χ4n) is 3.15. The first-order chi connectivity index (χ1) is 15.5. The number of halogens is 1. The minimum atomic E-state index is -0.551. The van der Waals surface area contributed by atoms with Gasteiger partial charge in [0.1, 0.15) is 5.75 Å². The number of nitrogens with zero attached hydrogens (tertiary/aromatic N) is 6. The van der Waals surface area contributed by atoms with E-state index in [1.807, 2.05) is 30.3 Å². The van der Waals surface area contributed by atoms with E-state index in [-0.39, 0.29) is 27.4 Å². The SMILES string of the molecule is O=[N+]([O-])c1cc(Br)c(O)c(C=NNc2nc(Nc3ccccc3)nc(N3CCCC3)n2)c1. The first-order valence-electron chi connectivity index (χ1n) is 9.78. The lowest BCUT2D eigenvalue weighted by Crippen LogP contribution is -2.21. The molecule has 32 heavy (non-hydrogen) atoms. The Hall–Kier alpha value is -3.80. The Balaban J connectivity index is 1.59. The molecular weight excluding hydrogens is 480 g/mol. The molecule has 3 N–H and O–H groups in total. The van der Waals surface area contributed by atoms with Gasteiger partial charge in [0.25, 0.3) is 5.69 Å². The molecule has 0 atom stereocenters. The van der Waals surface area contributed by atoms with Crippen LogP contribution in [0, 0.1) is 10.1 Å². The molecule has 1 aliphatic rings. The molecule has 4 rings (SSSR count).